The number of halogens is 2. The summed E-state index contributed by atoms with van der Waals surface area (Å²) >= 11 is 9.19. The first-order valence-electron chi connectivity index (χ1n) is 3.44. The second kappa shape index (κ2) is 2.75. The number of hydrogen-bond acceptors (Lipinski definition) is 1. The topological polar surface area (TPSA) is 29.1 Å². The quantitative estimate of drug-likeness (QED) is 0.748. The van der Waals surface area contributed by atoms with Crippen LogP contribution < -0.4 is 5.32 Å². The molecule has 0 saturated heterocycles. The number of rotatable bonds is 0. The standard InChI is InChI=1S/C8H5BrClNO/c9-5-1-4-3-11-8(12)7(4)6(10)2-5/h1-2H,3H2,(H,11,12). The van der Waals surface area contributed by atoms with Gasteiger partial charge in [0.15, 0.2) is 0 Å². The Kier molecular flexibility index (Phi) is 1.85. The summed E-state index contributed by atoms with van der Waals surface area (Å²) < 4.78 is 0.905. The van der Waals surface area contributed by atoms with Crippen LogP contribution in [0.15, 0.2) is 16.6 Å². The minimum atomic E-state index is -0.0810. The third-order valence-corrected chi connectivity index (χ3v) is 2.56. The third-order valence-electron chi connectivity index (χ3n) is 1.80. The number of carbonyl (C=O) groups is 1. The molecule has 0 spiro atoms. The molecule has 0 bridgehead atoms. The maximum absolute atomic E-state index is 11.2. The summed E-state index contributed by atoms with van der Waals surface area (Å²) in [6, 6.07) is 3.63. The monoisotopic (exact) mass is 245 g/mol. The zero-order chi connectivity index (χ0) is 8.72. The van der Waals surface area contributed by atoms with Crippen molar-refractivity contribution in [3.63, 3.8) is 0 Å². The molecule has 1 aromatic carbocycles. The molecule has 1 aromatic rings. The van der Waals surface area contributed by atoms with Crippen LogP contribution in [0.25, 0.3) is 0 Å². The molecule has 1 aliphatic heterocycles. The highest BCUT2D eigenvalue weighted by Gasteiger charge is 2.21. The van der Waals surface area contributed by atoms with Gasteiger partial charge in [0.1, 0.15) is 0 Å². The summed E-state index contributed by atoms with van der Waals surface area (Å²) in [5.41, 5.74) is 1.57. The van der Waals surface area contributed by atoms with Crippen molar-refractivity contribution in [2.24, 2.45) is 0 Å². The van der Waals surface area contributed by atoms with Gasteiger partial charge in [-0.1, -0.05) is 27.5 Å². The highest BCUT2D eigenvalue weighted by atomic mass is 79.9. The molecule has 2 rings (SSSR count). The minimum absolute atomic E-state index is 0.0810. The Morgan fingerprint density at radius 2 is 2.25 bits per heavy atom. The Bertz CT molecular complexity index is 364. The smallest absolute Gasteiger partial charge is 0.253 e. The first kappa shape index (κ1) is 8.08. The van der Waals surface area contributed by atoms with Gasteiger partial charge in [-0.15, -0.1) is 0 Å². The summed E-state index contributed by atoms with van der Waals surface area (Å²) in [5, 5.41) is 3.22. The molecule has 1 N–H and O–H groups in total. The summed E-state index contributed by atoms with van der Waals surface area (Å²) in [6.45, 7) is 0.577. The first-order valence-corrected chi connectivity index (χ1v) is 4.61. The van der Waals surface area contributed by atoms with Crippen LogP contribution in [0.5, 0.6) is 0 Å². The van der Waals surface area contributed by atoms with Crippen molar-refractivity contribution in [1.29, 1.82) is 0 Å². The SMILES string of the molecule is O=C1NCc2cc(Br)cc(Cl)c21. The average Bonchev–Trinajstić information content (AvgIpc) is 2.31. The number of benzene rings is 1. The first-order chi connectivity index (χ1) is 5.68. The van der Waals surface area contributed by atoms with Crippen LogP contribution in [0.3, 0.4) is 0 Å². The lowest BCUT2D eigenvalue weighted by molar-refractivity contribution is 0.0966. The fourth-order valence-corrected chi connectivity index (χ4v) is 2.25. The summed E-state index contributed by atoms with van der Waals surface area (Å²) in [4.78, 5) is 11.2. The molecule has 1 amide bonds. The molecule has 0 atom stereocenters. The van der Waals surface area contributed by atoms with E-state index >= 15 is 0 Å². The lowest BCUT2D eigenvalue weighted by Crippen LogP contribution is -2.12. The van der Waals surface area contributed by atoms with Gasteiger partial charge < -0.3 is 5.32 Å². The molecule has 1 aliphatic rings. The second-order valence-electron chi connectivity index (χ2n) is 2.60. The molecule has 12 heavy (non-hydrogen) atoms. The molecular formula is C8H5BrClNO. The maximum Gasteiger partial charge on any atom is 0.253 e. The molecule has 2 nitrogen and oxygen atoms in total. The van der Waals surface area contributed by atoms with Crippen molar-refractivity contribution in [3.05, 3.63) is 32.8 Å². The molecule has 0 unspecified atom stereocenters. The van der Waals surface area contributed by atoms with Gasteiger partial charge in [0.25, 0.3) is 5.91 Å². The van der Waals surface area contributed by atoms with Gasteiger partial charge in [-0.05, 0) is 17.7 Å². The fourth-order valence-electron chi connectivity index (χ4n) is 1.28. The average molecular weight is 246 g/mol. The summed E-state index contributed by atoms with van der Waals surface area (Å²) in [7, 11) is 0. The Morgan fingerprint density at radius 1 is 1.50 bits per heavy atom. The molecule has 0 saturated carbocycles. The van der Waals surface area contributed by atoms with E-state index in [-0.39, 0.29) is 5.91 Å². The highest BCUT2D eigenvalue weighted by Crippen LogP contribution is 2.28. The normalized spacial score (nSPS) is 14.3. The minimum Gasteiger partial charge on any atom is -0.348 e. The van der Waals surface area contributed by atoms with Crippen molar-refractivity contribution in [1.82, 2.24) is 5.32 Å². The fraction of sp³-hybridized carbons (Fsp3) is 0.125. The lowest BCUT2D eigenvalue weighted by atomic mass is 10.1. The number of amides is 1. The zero-order valence-corrected chi connectivity index (χ0v) is 8.37. The van der Waals surface area contributed by atoms with Crippen molar-refractivity contribution in [2.45, 2.75) is 6.54 Å². The van der Waals surface area contributed by atoms with Crippen molar-refractivity contribution < 1.29 is 4.79 Å². The van der Waals surface area contributed by atoms with Gasteiger partial charge in [-0.3, -0.25) is 4.79 Å². The van der Waals surface area contributed by atoms with E-state index in [1.165, 1.54) is 0 Å². The van der Waals surface area contributed by atoms with Gasteiger partial charge in [0.05, 0.1) is 10.6 Å². The molecule has 0 aromatic heterocycles. The van der Waals surface area contributed by atoms with Crippen molar-refractivity contribution in [3.8, 4) is 0 Å². The van der Waals surface area contributed by atoms with E-state index < -0.39 is 0 Å². The number of nitrogens with one attached hydrogen (secondary N) is 1. The molecule has 62 valence electrons. The molecule has 0 radical (unpaired) electrons. The van der Waals surface area contributed by atoms with Crippen LogP contribution in [-0.2, 0) is 6.54 Å². The Balaban J connectivity index is 2.68. The Hall–Kier alpha value is -0.540. The second-order valence-corrected chi connectivity index (χ2v) is 3.93. The Labute approximate surface area is 83.0 Å². The van der Waals surface area contributed by atoms with E-state index in [1.807, 2.05) is 6.07 Å². The van der Waals surface area contributed by atoms with Crippen LogP contribution >= 0.6 is 27.5 Å². The van der Waals surface area contributed by atoms with E-state index in [0.29, 0.717) is 17.1 Å². The molecule has 0 fully saturated rings. The van der Waals surface area contributed by atoms with Crippen LogP contribution in [-0.4, -0.2) is 5.91 Å². The third kappa shape index (κ3) is 1.13. The molecule has 4 heteroatoms. The van der Waals surface area contributed by atoms with E-state index in [4.69, 9.17) is 11.6 Å². The van der Waals surface area contributed by atoms with E-state index in [1.54, 1.807) is 6.07 Å². The van der Waals surface area contributed by atoms with Gasteiger partial charge in [0, 0.05) is 11.0 Å². The molecule has 1 heterocycles. The lowest BCUT2D eigenvalue weighted by Gasteiger charge is -1.99. The van der Waals surface area contributed by atoms with Crippen molar-refractivity contribution in [2.75, 3.05) is 0 Å². The molecular weight excluding hydrogens is 241 g/mol. The van der Waals surface area contributed by atoms with Crippen LogP contribution in [0.2, 0.25) is 5.02 Å². The molecule has 0 aliphatic carbocycles. The van der Waals surface area contributed by atoms with Crippen LogP contribution in [0, 0.1) is 0 Å². The number of hydrogen-bond donors (Lipinski definition) is 1. The van der Waals surface area contributed by atoms with Crippen LogP contribution in [0.4, 0.5) is 0 Å². The predicted octanol–water partition coefficient (Wildman–Crippen LogP) is 2.35. The van der Waals surface area contributed by atoms with Gasteiger partial charge >= 0.3 is 0 Å². The Morgan fingerprint density at radius 3 is 3.00 bits per heavy atom. The van der Waals surface area contributed by atoms with Crippen molar-refractivity contribution >= 4 is 33.4 Å². The predicted molar refractivity (Wildman–Crippen MR) is 50.3 cm³/mol. The van der Waals surface area contributed by atoms with E-state index in [2.05, 4.69) is 21.2 Å². The highest BCUT2D eigenvalue weighted by molar-refractivity contribution is 9.10. The summed E-state index contributed by atoms with van der Waals surface area (Å²) in [6.07, 6.45) is 0. The number of fused-ring (bicyclic) bond motifs is 1. The van der Waals surface area contributed by atoms with Gasteiger partial charge in [-0.25, -0.2) is 0 Å². The van der Waals surface area contributed by atoms with Crippen LogP contribution in [0.1, 0.15) is 15.9 Å². The zero-order valence-electron chi connectivity index (χ0n) is 6.03. The largest absolute Gasteiger partial charge is 0.348 e. The van der Waals surface area contributed by atoms with E-state index in [0.717, 1.165) is 10.0 Å². The summed E-state index contributed by atoms with van der Waals surface area (Å²) in [5.74, 6) is -0.0810. The maximum atomic E-state index is 11.2. The van der Waals surface area contributed by atoms with Gasteiger partial charge in [-0.2, -0.15) is 0 Å². The van der Waals surface area contributed by atoms with Gasteiger partial charge in [0.2, 0.25) is 0 Å². The van der Waals surface area contributed by atoms with E-state index in [9.17, 15) is 4.79 Å². The number of carbonyl (C=O) groups excluding carboxylic acids is 1.